The molecule has 1 atom stereocenters. The van der Waals surface area contributed by atoms with E-state index in [-0.39, 0.29) is 6.79 Å². The van der Waals surface area contributed by atoms with Gasteiger partial charge in [-0.2, -0.15) is 5.26 Å². The van der Waals surface area contributed by atoms with Crippen molar-refractivity contribution in [3.8, 4) is 17.6 Å². The van der Waals surface area contributed by atoms with E-state index in [0.717, 1.165) is 0 Å². The maximum Gasteiger partial charge on any atom is 0.326 e. The number of nitrogens with zero attached hydrogens (tertiary/aromatic N) is 1. The smallest absolute Gasteiger partial charge is 0.326 e. The Morgan fingerprint density at radius 2 is 1.86 bits per heavy atom. The molecule has 0 radical (unpaired) electrons. The maximum atomic E-state index is 12.1. The van der Waals surface area contributed by atoms with Gasteiger partial charge in [-0.15, -0.1) is 0 Å². The van der Waals surface area contributed by atoms with Gasteiger partial charge in [0.2, 0.25) is 6.79 Å². The van der Waals surface area contributed by atoms with Crippen molar-refractivity contribution in [1.82, 2.24) is 5.32 Å². The van der Waals surface area contributed by atoms with Crippen molar-refractivity contribution in [3.05, 3.63) is 53.6 Å². The van der Waals surface area contributed by atoms with E-state index in [2.05, 4.69) is 10.6 Å². The minimum atomic E-state index is -1.07. The second-order valence-corrected chi connectivity index (χ2v) is 6.06. The average Bonchev–Trinajstić information content (AvgIpc) is 3.20. The highest BCUT2D eigenvalue weighted by molar-refractivity contribution is 5.97. The Balaban J connectivity index is 1.46. The van der Waals surface area contributed by atoms with Gasteiger partial charge in [-0.05, 0) is 49.4 Å². The third kappa shape index (κ3) is 5.01. The van der Waals surface area contributed by atoms with Crippen molar-refractivity contribution in [2.75, 3.05) is 18.7 Å². The van der Waals surface area contributed by atoms with Crippen LogP contribution in [0, 0.1) is 11.3 Å². The van der Waals surface area contributed by atoms with Crippen LogP contribution in [0.1, 0.15) is 22.8 Å². The predicted octanol–water partition coefficient (Wildman–Crippen LogP) is 1.59. The molecule has 2 amide bonds. The normalized spacial score (nSPS) is 12.4. The van der Waals surface area contributed by atoms with Crippen LogP contribution in [0.15, 0.2) is 42.5 Å². The Kier molecular flexibility index (Phi) is 5.94. The lowest BCUT2D eigenvalue weighted by Gasteiger charge is -2.14. The van der Waals surface area contributed by atoms with Gasteiger partial charge in [0.1, 0.15) is 6.54 Å². The molecule has 1 aliphatic rings. The number of ether oxygens (including phenoxy) is 3. The zero-order valence-corrected chi connectivity index (χ0v) is 15.4. The molecule has 1 aliphatic heterocycles. The fraction of sp³-hybridized carbons (Fsp3) is 0.200. The molecule has 0 aromatic heterocycles. The van der Waals surface area contributed by atoms with Gasteiger partial charge in [0.05, 0.1) is 11.6 Å². The Hall–Kier alpha value is -4.06. The molecular weight excluding hydrogens is 378 g/mol. The summed E-state index contributed by atoms with van der Waals surface area (Å²) in [5.74, 6) is -0.793. The van der Waals surface area contributed by atoms with Crippen molar-refractivity contribution >= 4 is 23.5 Å². The van der Waals surface area contributed by atoms with Gasteiger partial charge in [-0.25, -0.2) is 0 Å². The summed E-state index contributed by atoms with van der Waals surface area (Å²) in [5.41, 5.74) is 1.22. The third-order valence-electron chi connectivity index (χ3n) is 3.99. The number of hydrogen-bond acceptors (Lipinski definition) is 7. The van der Waals surface area contributed by atoms with Gasteiger partial charge in [0.25, 0.3) is 11.8 Å². The summed E-state index contributed by atoms with van der Waals surface area (Å²) < 4.78 is 15.4. The Bertz CT molecular complexity index is 981. The molecule has 29 heavy (non-hydrogen) atoms. The molecule has 148 valence electrons. The second kappa shape index (κ2) is 8.75. The number of esters is 1. The van der Waals surface area contributed by atoms with Gasteiger partial charge in [-0.1, -0.05) is 0 Å². The predicted molar refractivity (Wildman–Crippen MR) is 100 cm³/mol. The third-order valence-corrected chi connectivity index (χ3v) is 3.99. The van der Waals surface area contributed by atoms with Crippen LogP contribution in [0.2, 0.25) is 0 Å². The molecule has 0 aliphatic carbocycles. The number of anilines is 1. The largest absolute Gasteiger partial charge is 0.454 e. The van der Waals surface area contributed by atoms with E-state index in [0.29, 0.717) is 28.3 Å². The summed E-state index contributed by atoms with van der Waals surface area (Å²) in [5, 5.41) is 13.8. The van der Waals surface area contributed by atoms with Gasteiger partial charge in [0.15, 0.2) is 17.6 Å². The van der Waals surface area contributed by atoms with Crippen molar-refractivity contribution in [2.45, 2.75) is 13.0 Å². The zero-order valence-electron chi connectivity index (χ0n) is 15.4. The van der Waals surface area contributed by atoms with Crippen LogP contribution >= 0.6 is 0 Å². The van der Waals surface area contributed by atoms with E-state index in [1.54, 1.807) is 36.4 Å². The first-order valence-corrected chi connectivity index (χ1v) is 8.64. The Morgan fingerprint density at radius 1 is 1.14 bits per heavy atom. The molecule has 0 saturated heterocycles. The summed E-state index contributed by atoms with van der Waals surface area (Å²) in [6, 6.07) is 12.9. The first-order chi connectivity index (χ1) is 14.0. The number of benzene rings is 2. The number of carbonyl (C=O) groups excluding carboxylic acids is 3. The Labute approximate surface area is 166 Å². The minimum Gasteiger partial charge on any atom is -0.454 e. The van der Waals surface area contributed by atoms with Crippen LogP contribution in [-0.2, 0) is 14.3 Å². The van der Waals surface area contributed by atoms with E-state index in [1.807, 2.05) is 6.07 Å². The van der Waals surface area contributed by atoms with E-state index < -0.39 is 30.4 Å². The van der Waals surface area contributed by atoms with Crippen molar-refractivity contribution in [2.24, 2.45) is 0 Å². The number of nitrogens with one attached hydrogen (secondary N) is 2. The van der Waals surface area contributed by atoms with Crippen LogP contribution in [0.5, 0.6) is 11.5 Å². The molecular formula is C20H17N3O6. The molecule has 0 fully saturated rings. The summed E-state index contributed by atoms with van der Waals surface area (Å²) in [6.07, 6.45) is -1.07. The van der Waals surface area contributed by atoms with Crippen molar-refractivity contribution < 1.29 is 28.6 Å². The van der Waals surface area contributed by atoms with Crippen LogP contribution in [0.4, 0.5) is 5.69 Å². The minimum absolute atomic E-state index is 0.0924. The fourth-order valence-corrected chi connectivity index (χ4v) is 2.46. The van der Waals surface area contributed by atoms with Crippen LogP contribution in [-0.4, -0.2) is 37.2 Å². The number of carbonyl (C=O) groups is 3. The summed E-state index contributed by atoms with van der Waals surface area (Å²) in [6.45, 7) is 1.10. The molecule has 2 aromatic carbocycles. The zero-order chi connectivity index (χ0) is 20.8. The number of hydrogen-bond donors (Lipinski definition) is 2. The molecule has 1 heterocycles. The van der Waals surface area contributed by atoms with E-state index >= 15 is 0 Å². The number of amides is 2. The van der Waals surface area contributed by atoms with E-state index in [9.17, 15) is 14.4 Å². The van der Waals surface area contributed by atoms with Gasteiger partial charge in [-0.3, -0.25) is 14.4 Å². The average molecular weight is 395 g/mol. The van der Waals surface area contributed by atoms with E-state index in [1.165, 1.54) is 13.0 Å². The molecule has 0 spiro atoms. The quantitative estimate of drug-likeness (QED) is 0.711. The van der Waals surface area contributed by atoms with Crippen molar-refractivity contribution in [1.29, 1.82) is 5.26 Å². The summed E-state index contributed by atoms with van der Waals surface area (Å²) in [7, 11) is 0. The topological polar surface area (TPSA) is 127 Å². The van der Waals surface area contributed by atoms with Crippen molar-refractivity contribution in [3.63, 3.8) is 0 Å². The van der Waals surface area contributed by atoms with Gasteiger partial charge < -0.3 is 24.8 Å². The highest BCUT2D eigenvalue weighted by Gasteiger charge is 2.20. The monoisotopic (exact) mass is 395 g/mol. The summed E-state index contributed by atoms with van der Waals surface area (Å²) >= 11 is 0. The fourth-order valence-electron chi connectivity index (χ4n) is 2.46. The number of nitriles is 1. The molecule has 2 N–H and O–H groups in total. The molecule has 2 aromatic rings. The first-order valence-electron chi connectivity index (χ1n) is 8.64. The SMILES string of the molecule is C[C@H](OC(=O)CNC(=O)c1ccc2c(c1)OCO2)C(=O)Nc1ccc(C#N)cc1. The summed E-state index contributed by atoms with van der Waals surface area (Å²) in [4.78, 5) is 36.2. The van der Waals surface area contributed by atoms with Crippen LogP contribution in [0.25, 0.3) is 0 Å². The number of rotatable bonds is 6. The lowest BCUT2D eigenvalue weighted by Crippen LogP contribution is -2.35. The maximum absolute atomic E-state index is 12.1. The highest BCUT2D eigenvalue weighted by atomic mass is 16.7. The molecule has 9 heteroatoms. The van der Waals surface area contributed by atoms with Gasteiger partial charge in [0, 0.05) is 11.3 Å². The lowest BCUT2D eigenvalue weighted by molar-refractivity contribution is -0.152. The van der Waals surface area contributed by atoms with E-state index in [4.69, 9.17) is 19.5 Å². The van der Waals surface area contributed by atoms with Crippen LogP contribution in [0.3, 0.4) is 0 Å². The lowest BCUT2D eigenvalue weighted by atomic mass is 10.2. The molecule has 0 bridgehead atoms. The molecule has 9 nitrogen and oxygen atoms in total. The van der Waals surface area contributed by atoms with Gasteiger partial charge >= 0.3 is 5.97 Å². The molecule has 0 unspecified atom stereocenters. The Morgan fingerprint density at radius 3 is 2.59 bits per heavy atom. The highest BCUT2D eigenvalue weighted by Crippen LogP contribution is 2.32. The number of fused-ring (bicyclic) bond motifs is 1. The standard InChI is InChI=1S/C20H17N3O6/c1-12(19(25)23-15-5-2-13(9-21)3-6-15)29-18(24)10-22-20(26)14-4-7-16-17(8-14)28-11-27-16/h2-8,12H,10-11H2,1H3,(H,22,26)(H,23,25)/t12-/m0/s1. The van der Waals surface area contributed by atoms with Crippen LogP contribution < -0.4 is 20.1 Å². The second-order valence-electron chi connectivity index (χ2n) is 6.06. The molecule has 0 saturated carbocycles. The molecule has 3 rings (SSSR count). The first kappa shape index (κ1) is 19.7.